The van der Waals surface area contributed by atoms with Crippen molar-refractivity contribution in [3.63, 3.8) is 0 Å². The summed E-state index contributed by atoms with van der Waals surface area (Å²) in [6, 6.07) is 6.98. The van der Waals surface area contributed by atoms with E-state index in [4.69, 9.17) is 4.42 Å². The van der Waals surface area contributed by atoms with Gasteiger partial charge in [-0.1, -0.05) is 13.8 Å². The first-order valence-electron chi connectivity index (χ1n) is 7.10. The number of hydrogen-bond acceptors (Lipinski definition) is 4. The van der Waals surface area contributed by atoms with Gasteiger partial charge in [0.05, 0.1) is 17.7 Å². The fraction of sp³-hybridized carbons (Fsp3) is 0.375. The van der Waals surface area contributed by atoms with E-state index >= 15 is 0 Å². The summed E-state index contributed by atoms with van der Waals surface area (Å²) in [7, 11) is 0. The first-order chi connectivity index (χ1) is 10.2. The predicted molar refractivity (Wildman–Crippen MR) is 82.4 cm³/mol. The van der Waals surface area contributed by atoms with Crippen molar-refractivity contribution in [3.8, 4) is 0 Å². The zero-order valence-electron chi connectivity index (χ0n) is 12.2. The molecule has 2 rings (SSSR count). The summed E-state index contributed by atoms with van der Waals surface area (Å²) in [6.07, 6.45) is 3.17. The van der Waals surface area contributed by atoms with Gasteiger partial charge in [0.1, 0.15) is 0 Å². The lowest BCUT2D eigenvalue weighted by Crippen LogP contribution is -2.29. The van der Waals surface area contributed by atoms with Crippen LogP contribution < -0.4 is 5.32 Å². The summed E-state index contributed by atoms with van der Waals surface area (Å²) in [5.41, 5.74) is 0. The SMILES string of the molecule is CCC(CC)C(=O)NCc1ccc(C(=O)c2ccco2)s1. The van der Waals surface area contributed by atoms with Crippen LogP contribution in [0, 0.1) is 5.92 Å². The van der Waals surface area contributed by atoms with Gasteiger partial charge < -0.3 is 9.73 Å². The van der Waals surface area contributed by atoms with Gasteiger partial charge in [-0.2, -0.15) is 0 Å². The van der Waals surface area contributed by atoms with Gasteiger partial charge in [0.25, 0.3) is 0 Å². The first-order valence-corrected chi connectivity index (χ1v) is 7.92. The smallest absolute Gasteiger partial charge is 0.238 e. The first kappa shape index (κ1) is 15.5. The lowest BCUT2D eigenvalue weighted by atomic mass is 10.0. The van der Waals surface area contributed by atoms with Crippen molar-refractivity contribution in [1.29, 1.82) is 0 Å². The average Bonchev–Trinajstić information content (AvgIpc) is 3.17. The topological polar surface area (TPSA) is 59.3 Å². The molecule has 0 aliphatic heterocycles. The molecule has 2 heterocycles. The van der Waals surface area contributed by atoms with Crippen molar-refractivity contribution in [2.75, 3.05) is 0 Å². The van der Waals surface area contributed by atoms with Crippen molar-refractivity contribution in [2.24, 2.45) is 5.92 Å². The maximum absolute atomic E-state index is 12.1. The molecule has 0 saturated carbocycles. The van der Waals surface area contributed by atoms with Crippen LogP contribution >= 0.6 is 11.3 Å². The third-order valence-corrected chi connectivity index (χ3v) is 4.51. The van der Waals surface area contributed by atoms with Crippen molar-refractivity contribution in [2.45, 2.75) is 33.2 Å². The second kappa shape index (κ2) is 7.22. The Balaban J connectivity index is 1.95. The van der Waals surface area contributed by atoms with Gasteiger partial charge in [-0.25, -0.2) is 0 Å². The zero-order chi connectivity index (χ0) is 15.2. The van der Waals surface area contributed by atoms with E-state index in [1.54, 1.807) is 18.2 Å². The highest BCUT2D eigenvalue weighted by Crippen LogP contribution is 2.20. The molecule has 2 aromatic rings. The molecule has 0 radical (unpaired) electrons. The summed E-state index contributed by atoms with van der Waals surface area (Å²) in [5, 5.41) is 2.92. The van der Waals surface area contributed by atoms with Crippen LogP contribution in [0.1, 0.15) is 47.0 Å². The van der Waals surface area contributed by atoms with Gasteiger partial charge in [0.2, 0.25) is 11.7 Å². The molecule has 1 amide bonds. The van der Waals surface area contributed by atoms with Crippen molar-refractivity contribution in [1.82, 2.24) is 5.32 Å². The highest BCUT2D eigenvalue weighted by atomic mass is 32.1. The number of carbonyl (C=O) groups excluding carboxylic acids is 2. The summed E-state index contributed by atoms with van der Waals surface area (Å²) >= 11 is 1.38. The molecule has 5 heteroatoms. The van der Waals surface area contributed by atoms with Crippen molar-refractivity contribution < 1.29 is 14.0 Å². The Morgan fingerprint density at radius 1 is 1.24 bits per heavy atom. The average molecular weight is 305 g/mol. The lowest BCUT2D eigenvalue weighted by Gasteiger charge is -2.11. The molecule has 0 atom stereocenters. The van der Waals surface area contributed by atoms with Gasteiger partial charge in [-0.3, -0.25) is 9.59 Å². The fourth-order valence-corrected chi connectivity index (χ4v) is 2.99. The number of carbonyl (C=O) groups is 2. The van der Waals surface area contributed by atoms with E-state index in [1.165, 1.54) is 17.6 Å². The summed E-state index contributed by atoms with van der Waals surface area (Å²) in [5.74, 6) is 0.355. The molecule has 0 aliphatic carbocycles. The number of amides is 1. The van der Waals surface area contributed by atoms with E-state index < -0.39 is 0 Å². The molecule has 0 bridgehead atoms. The zero-order valence-corrected chi connectivity index (χ0v) is 13.0. The van der Waals surface area contributed by atoms with Crippen LogP contribution in [-0.4, -0.2) is 11.7 Å². The van der Waals surface area contributed by atoms with E-state index in [-0.39, 0.29) is 17.6 Å². The Hall–Kier alpha value is -1.88. The Morgan fingerprint density at radius 2 is 2.00 bits per heavy atom. The molecular formula is C16H19NO3S. The Kier molecular flexibility index (Phi) is 5.33. The molecule has 4 nitrogen and oxygen atoms in total. The Labute approximate surface area is 128 Å². The normalized spacial score (nSPS) is 10.8. The van der Waals surface area contributed by atoms with Crippen LogP contribution in [0.3, 0.4) is 0 Å². The lowest BCUT2D eigenvalue weighted by molar-refractivity contribution is -0.125. The highest BCUT2D eigenvalue weighted by Gasteiger charge is 2.16. The monoisotopic (exact) mass is 305 g/mol. The van der Waals surface area contributed by atoms with E-state index in [1.807, 2.05) is 19.9 Å². The minimum Gasteiger partial charge on any atom is -0.461 e. The predicted octanol–water partition coefficient (Wildman–Crippen LogP) is 3.62. The fourth-order valence-electron chi connectivity index (χ4n) is 2.10. The number of ketones is 1. The summed E-state index contributed by atoms with van der Waals surface area (Å²) < 4.78 is 5.11. The molecule has 21 heavy (non-hydrogen) atoms. The third kappa shape index (κ3) is 3.82. The van der Waals surface area contributed by atoms with Gasteiger partial charge >= 0.3 is 0 Å². The molecule has 112 valence electrons. The maximum atomic E-state index is 12.1. The number of hydrogen-bond donors (Lipinski definition) is 1. The van der Waals surface area contributed by atoms with Gasteiger partial charge in [-0.05, 0) is 37.1 Å². The molecule has 2 aromatic heterocycles. The van der Waals surface area contributed by atoms with Crippen LogP contribution in [0.5, 0.6) is 0 Å². The van der Waals surface area contributed by atoms with E-state index in [9.17, 15) is 9.59 Å². The quantitative estimate of drug-likeness (QED) is 0.795. The summed E-state index contributed by atoms with van der Waals surface area (Å²) in [4.78, 5) is 25.6. The largest absolute Gasteiger partial charge is 0.461 e. The second-order valence-electron chi connectivity index (χ2n) is 4.80. The molecule has 0 unspecified atom stereocenters. The molecular weight excluding hydrogens is 286 g/mol. The molecule has 0 spiro atoms. The van der Waals surface area contributed by atoms with Gasteiger partial charge in [-0.15, -0.1) is 11.3 Å². The van der Waals surface area contributed by atoms with Crippen molar-refractivity contribution in [3.05, 3.63) is 46.0 Å². The highest BCUT2D eigenvalue weighted by molar-refractivity contribution is 7.14. The number of furan rings is 1. The maximum Gasteiger partial charge on any atom is 0.238 e. The molecule has 0 saturated heterocycles. The number of rotatable bonds is 7. The third-order valence-electron chi connectivity index (χ3n) is 3.42. The van der Waals surface area contributed by atoms with Crippen LogP contribution in [0.4, 0.5) is 0 Å². The van der Waals surface area contributed by atoms with E-state index in [0.717, 1.165) is 17.7 Å². The van der Waals surface area contributed by atoms with Crippen molar-refractivity contribution >= 4 is 23.0 Å². The molecule has 0 aliphatic rings. The standard InChI is InChI=1S/C16H19NO3S/c1-3-11(4-2)16(19)17-10-12-7-8-14(21-12)15(18)13-6-5-9-20-13/h5-9,11H,3-4,10H2,1-2H3,(H,17,19). The molecule has 1 N–H and O–H groups in total. The van der Waals surface area contributed by atoms with Crippen LogP contribution in [-0.2, 0) is 11.3 Å². The van der Waals surface area contributed by atoms with E-state index in [0.29, 0.717) is 17.2 Å². The minimum atomic E-state index is -0.123. The summed E-state index contributed by atoms with van der Waals surface area (Å²) in [6.45, 7) is 4.49. The van der Waals surface area contributed by atoms with Crippen LogP contribution in [0.25, 0.3) is 0 Å². The minimum absolute atomic E-state index is 0.0641. The number of thiophene rings is 1. The Morgan fingerprint density at radius 3 is 2.62 bits per heavy atom. The van der Waals surface area contributed by atoms with Gasteiger partial charge in [0.15, 0.2) is 5.76 Å². The molecule has 0 aromatic carbocycles. The Bertz CT molecular complexity index is 597. The number of nitrogens with one attached hydrogen (secondary N) is 1. The van der Waals surface area contributed by atoms with Gasteiger partial charge in [0, 0.05) is 10.8 Å². The molecule has 0 fully saturated rings. The van der Waals surface area contributed by atoms with Crippen LogP contribution in [0.2, 0.25) is 0 Å². The van der Waals surface area contributed by atoms with E-state index in [2.05, 4.69) is 5.32 Å². The second-order valence-corrected chi connectivity index (χ2v) is 5.97. The van der Waals surface area contributed by atoms with Crippen LogP contribution in [0.15, 0.2) is 34.9 Å².